The Bertz CT molecular complexity index is 915. The highest BCUT2D eigenvalue weighted by Crippen LogP contribution is 2.28. The summed E-state index contributed by atoms with van der Waals surface area (Å²) in [5, 5.41) is 23.4. The van der Waals surface area contributed by atoms with Crippen molar-refractivity contribution in [1.29, 1.82) is 0 Å². The molecule has 1 atom stereocenters. The minimum Gasteiger partial charge on any atom is -0.506 e. The molecule has 164 valence electrons. The molecule has 4 N–H and O–H groups in total. The van der Waals surface area contributed by atoms with E-state index in [9.17, 15) is 18.6 Å². The van der Waals surface area contributed by atoms with Crippen molar-refractivity contribution in [2.24, 2.45) is 0 Å². The van der Waals surface area contributed by atoms with Gasteiger partial charge in [0.15, 0.2) is 0 Å². The minimum atomic E-state index is -3.52. The molecule has 0 unspecified atom stereocenters. The number of aliphatic hydroxyl groups is 1. The summed E-state index contributed by atoms with van der Waals surface area (Å²) in [7, 11) is -3.52. The lowest BCUT2D eigenvalue weighted by atomic mass is 10.0. The smallest absolute Gasteiger partial charge is 0.229 e. The largest absolute Gasteiger partial charge is 0.506 e. The van der Waals surface area contributed by atoms with E-state index in [0.29, 0.717) is 18.3 Å². The number of anilines is 2. The van der Waals surface area contributed by atoms with E-state index in [-0.39, 0.29) is 18.0 Å². The van der Waals surface area contributed by atoms with Gasteiger partial charge in [-0.2, -0.15) is 0 Å². The lowest BCUT2D eigenvalue weighted by molar-refractivity contribution is 0.102. The van der Waals surface area contributed by atoms with Crippen LogP contribution in [0.3, 0.4) is 0 Å². The van der Waals surface area contributed by atoms with Crippen LogP contribution < -0.4 is 19.7 Å². The van der Waals surface area contributed by atoms with E-state index >= 15 is 0 Å². The van der Waals surface area contributed by atoms with E-state index in [1.165, 1.54) is 23.9 Å². The number of rotatable bonds is 9. The van der Waals surface area contributed by atoms with E-state index < -0.39 is 16.1 Å². The average molecular weight is 436 g/mol. The van der Waals surface area contributed by atoms with Gasteiger partial charge in [-0.1, -0.05) is 18.2 Å². The highest BCUT2D eigenvalue weighted by Gasteiger charge is 2.20. The lowest BCUT2D eigenvalue weighted by Crippen LogP contribution is -2.45. The average Bonchev–Trinajstić information content (AvgIpc) is 2.73. The van der Waals surface area contributed by atoms with Gasteiger partial charge in [-0.25, -0.2) is 8.42 Å². The lowest BCUT2D eigenvalue weighted by Gasteiger charge is -2.34. The molecule has 30 heavy (non-hydrogen) atoms. The fourth-order valence-corrected chi connectivity index (χ4v) is 3.98. The van der Waals surface area contributed by atoms with Gasteiger partial charge in [0.1, 0.15) is 24.2 Å². The van der Waals surface area contributed by atoms with Crippen LogP contribution in [0.5, 0.6) is 11.5 Å². The molecule has 2 aromatic carbocycles. The summed E-state index contributed by atoms with van der Waals surface area (Å²) >= 11 is 0. The number of hydrogen-bond acceptors (Lipinski definition) is 7. The van der Waals surface area contributed by atoms with Gasteiger partial charge in [0, 0.05) is 37.4 Å². The van der Waals surface area contributed by atoms with Gasteiger partial charge in [-0.15, -0.1) is 0 Å². The van der Waals surface area contributed by atoms with Crippen LogP contribution in [0.4, 0.5) is 11.4 Å². The van der Waals surface area contributed by atoms with Gasteiger partial charge >= 0.3 is 0 Å². The van der Waals surface area contributed by atoms with Crippen molar-refractivity contribution in [1.82, 2.24) is 5.32 Å². The van der Waals surface area contributed by atoms with Crippen LogP contribution in [0, 0.1) is 0 Å². The molecule has 1 aliphatic rings. The van der Waals surface area contributed by atoms with Crippen molar-refractivity contribution in [3.63, 3.8) is 0 Å². The number of aromatic hydroxyl groups is 1. The molecule has 1 saturated heterocycles. The molecule has 0 aromatic heterocycles. The van der Waals surface area contributed by atoms with Crippen LogP contribution in [-0.2, 0) is 10.0 Å². The summed E-state index contributed by atoms with van der Waals surface area (Å²) in [4.78, 5) is 2.37. The zero-order chi connectivity index (χ0) is 21.6. The minimum absolute atomic E-state index is 0.0350. The zero-order valence-electron chi connectivity index (χ0n) is 17.0. The molecule has 1 aliphatic heterocycles. The van der Waals surface area contributed by atoms with Crippen LogP contribution in [0.1, 0.15) is 12.8 Å². The molecule has 3 rings (SSSR count). The van der Waals surface area contributed by atoms with Gasteiger partial charge in [-0.05, 0) is 37.1 Å². The Morgan fingerprint density at radius 1 is 1.17 bits per heavy atom. The third-order valence-electron chi connectivity index (χ3n) is 4.96. The molecule has 0 spiro atoms. The van der Waals surface area contributed by atoms with Crippen molar-refractivity contribution >= 4 is 21.4 Å². The maximum absolute atomic E-state index is 11.4. The fraction of sp³-hybridized carbons (Fsp3) is 0.429. The molecular formula is C21H29N3O5S. The summed E-state index contributed by atoms with van der Waals surface area (Å²) in [6, 6.07) is 14.9. The number of piperidine rings is 1. The maximum atomic E-state index is 11.4. The number of phenols is 1. The quantitative estimate of drug-likeness (QED) is 0.444. The topological polar surface area (TPSA) is 111 Å². The molecule has 0 saturated carbocycles. The Morgan fingerprint density at radius 3 is 2.53 bits per heavy atom. The number of hydrogen-bond donors (Lipinski definition) is 4. The SMILES string of the molecule is CS(=O)(=O)Nc1cc(OC[C@@H](O)CNC2CCN(c3ccccc3)CC2)ccc1O. The molecule has 1 fully saturated rings. The van der Waals surface area contributed by atoms with Crippen LogP contribution in [0.2, 0.25) is 0 Å². The Hall–Kier alpha value is -2.49. The molecule has 2 aromatic rings. The first kappa shape index (κ1) is 22.2. The van der Waals surface area contributed by atoms with Gasteiger partial charge < -0.3 is 25.2 Å². The number of ether oxygens (including phenoxy) is 1. The first-order valence-electron chi connectivity index (χ1n) is 9.95. The Kier molecular flexibility index (Phi) is 7.41. The predicted molar refractivity (Wildman–Crippen MR) is 118 cm³/mol. The second-order valence-electron chi connectivity index (χ2n) is 7.52. The third-order valence-corrected chi connectivity index (χ3v) is 5.55. The van der Waals surface area contributed by atoms with Crippen molar-refractivity contribution in [3.05, 3.63) is 48.5 Å². The standard InChI is InChI=1S/C21H29N3O5S/c1-30(27,28)23-20-13-19(7-8-21(20)26)29-15-18(25)14-22-16-9-11-24(12-10-16)17-5-3-2-4-6-17/h2-8,13,16,18,22-23,25-26H,9-12,14-15H2,1H3/t18-/m0/s1. The summed E-state index contributed by atoms with van der Waals surface area (Å²) in [6.07, 6.45) is 2.29. The van der Waals surface area contributed by atoms with Crippen molar-refractivity contribution < 1.29 is 23.4 Å². The molecule has 9 heteroatoms. The van der Waals surface area contributed by atoms with Crippen LogP contribution in [0.15, 0.2) is 48.5 Å². The van der Waals surface area contributed by atoms with Gasteiger partial charge in [-0.3, -0.25) is 4.72 Å². The summed E-state index contributed by atoms with van der Waals surface area (Å²) in [5.74, 6) is 0.158. The first-order chi connectivity index (χ1) is 14.3. The van der Waals surface area contributed by atoms with Gasteiger partial charge in [0.05, 0.1) is 11.9 Å². The monoisotopic (exact) mass is 435 g/mol. The van der Waals surface area contributed by atoms with Crippen molar-refractivity contribution in [2.75, 3.05) is 42.1 Å². The van der Waals surface area contributed by atoms with E-state index in [1.807, 2.05) is 18.2 Å². The highest BCUT2D eigenvalue weighted by molar-refractivity contribution is 7.92. The highest BCUT2D eigenvalue weighted by atomic mass is 32.2. The number of nitrogens with one attached hydrogen (secondary N) is 2. The maximum Gasteiger partial charge on any atom is 0.229 e. The van der Waals surface area contributed by atoms with Crippen LogP contribution in [0.25, 0.3) is 0 Å². The van der Waals surface area contributed by atoms with Gasteiger partial charge in [0.25, 0.3) is 0 Å². The second-order valence-corrected chi connectivity index (χ2v) is 9.27. The first-order valence-corrected chi connectivity index (χ1v) is 11.8. The molecule has 0 radical (unpaired) electrons. The molecule has 0 amide bonds. The number of benzene rings is 2. The van der Waals surface area contributed by atoms with E-state index in [2.05, 4.69) is 27.1 Å². The number of para-hydroxylation sites is 1. The Labute approximate surface area is 177 Å². The zero-order valence-corrected chi connectivity index (χ0v) is 17.8. The van der Waals surface area contributed by atoms with Crippen molar-refractivity contribution in [3.8, 4) is 11.5 Å². The van der Waals surface area contributed by atoms with E-state index in [1.54, 1.807) is 0 Å². The van der Waals surface area contributed by atoms with Crippen molar-refractivity contribution in [2.45, 2.75) is 25.0 Å². The summed E-state index contributed by atoms with van der Waals surface area (Å²) < 4.78 is 30.5. The third kappa shape index (κ3) is 6.79. The Morgan fingerprint density at radius 2 is 1.87 bits per heavy atom. The van der Waals surface area contributed by atoms with Crippen LogP contribution in [-0.4, -0.2) is 63.3 Å². The van der Waals surface area contributed by atoms with Gasteiger partial charge in [0.2, 0.25) is 10.0 Å². The number of aliphatic hydroxyl groups excluding tert-OH is 1. The number of nitrogens with zero attached hydrogens (tertiary/aromatic N) is 1. The van der Waals surface area contributed by atoms with E-state index in [4.69, 9.17) is 4.74 Å². The summed E-state index contributed by atoms with van der Waals surface area (Å²) in [5.41, 5.74) is 1.27. The Balaban J connectivity index is 1.40. The predicted octanol–water partition coefficient (Wildman–Crippen LogP) is 1.76. The van der Waals surface area contributed by atoms with Crippen LogP contribution >= 0.6 is 0 Å². The normalized spacial score (nSPS) is 16.3. The molecule has 1 heterocycles. The molecule has 0 bridgehead atoms. The molecular weight excluding hydrogens is 406 g/mol. The second kappa shape index (κ2) is 10.0. The number of phenolic OH excluding ortho intramolecular Hbond substituents is 1. The summed E-state index contributed by atoms with van der Waals surface area (Å²) in [6.45, 7) is 2.40. The molecule has 0 aliphatic carbocycles. The fourth-order valence-electron chi connectivity index (χ4n) is 3.42. The molecule has 8 nitrogen and oxygen atoms in total. The number of sulfonamides is 1. The van der Waals surface area contributed by atoms with E-state index in [0.717, 1.165) is 32.2 Å².